The first-order chi connectivity index (χ1) is 10.4. The van der Waals surface area contributed by atoms with Gasteiger partial charge in [0.25, 0.3) is 5.69 Å². The molecule has 9 heteroatoms. The van der Waals surface area contributed by atoms with Crippen molar-refractivity contribution in [3.63, 3.8) is 0 Å². The number of benzene rings is 2. The van der Waals surface area contributed by atoms with Gasteiger partial charge in [-0.2, -0.15) is 0 Å². The molecule has 0 saturated heterocycles. The Balaban J connectivity index is 2.20. The predicted octanol–water partition coefficient (Wildman–Crippen LogP) is 2.98. The van der Waals surface area contributed by atoms with E-state index < -0.39 is 26.1 Å². The molecule has 2 aromatic rings. The van der Waals surface area contributed by atoms with E-state index in [-0.39, 0.29) is 12.1 Å². The first-order valence-corrected chi connectivity index (χ1v) is 6.12. The Morgan fingerprint density at radius 3 is 1.91 bits per heavy atom. The van der Waals surface area contributed by atoms with Gasteiger partial charge in [-0.1, -0.05) is 0 Å². The highest BCUT2D eigenvalue weighted by Crippen LogP contribution is 2.43. The molecule has 9 nitrogen and oxygen atoms in total. The number of rotatable bonds is 3. The van der Waals surface area contributed by atoms with Crippen LogP contribution in [0.5, 0.6) is 0 Å². The van der Waals surface area contributed by atoms with E-state index in [4.69, 9.17) is 0 Å². The van der Waals surface area contributed by atoms with Crippen molar-refractivity contribution in [3.05, 3.63) is 71.8 Å². The van der Waals surface area contributed by atoms with Crippen LogP contribution in [-0.4, -0.2) is 14.8 Å². The van der Waals surface area contributed by atoms with Crippen LogP contribution in [0.4, 0.5) is 17.1 Å². The van der Waals surface area contributed by atoms with Gasteiger partial charge in [0.2, 0.25) is 0 Å². The summed E-state index contributed by atoms with van der Waals surface area (Å²) in [5.74, 6) is 0. The molecule has 0 unspecified atom stereocenters. The Kier molecular flexibility index (Phi) is 2.84. The Bertz CT molecular complexity index is 861. The van der Waals surface area contributed by atoms with E-state index in [0.29, 0.717) is 22.3 Å². The summed E-state index contributed by atoms with van der Waals surface area (Å²) in [7, 11) is 0. The lowest BCUT2D eigenvalue weighted by Crippen LogP contribution is -1.98. The lowest BCUT2D eigenvalue weighted by molar-refractivity contribution is -0.422. The molecule has 1 aliphatic carbocycles. The molecule has 3 rings (SSSR count). The molecule has 0 bridgehead atoms. The molecule has 0 spiro atoms. The maximum atomic E-state index is 11.0. The minimum absolute atomic E-state index is 0.0874. The molecule has 0 saturated carbocycles. The fourth-order valence-electron chi connectivity index (χ4n) is 2.62. The van der Waals surface area contributed by atoms with Gasteiger partial charge in [-0.05, 0) is 34.7 Å². The predicted molar refractivity (Wildman–Crippen MR) is 74.6 cm³/mol. The summed E-state index contributed by atoms with van der Waals surface area (Å²) in [4.78, 5) is 30.6. The number of fused-ring (bicyclic) bond motifs is 3. The summed E-state index contributed by atoms with van der Waals surface area (Å²) in [6.45, 7) is 0. The van der Waals surface area contributed by atoms with Gasteiger partial charge in [0.15, 0.2) is 0 Å². The molecule has 22 heavy (non-hydrogen) atoms. The largest absolute Gasteiger partial charge is 0.346 e. The van der Waals surface area contributed by atoms with Gasteiger partial charge in [-0.15, -0.1) is 0 Å². The Morgan fingerprint density at radius 1 is 0.727 bits per heavy atom. The number of nitrogens with zero attached hydrogens (tertiary/aromatic N) is 3. The van der Waals surface area contributed by atoms with Crippen LogP contribution in [0, 0.1) is 30.3 Å². The minimum Gasteiger partial charge on any atom is -0.258 e. The third kappa shape index (κ3) is 1.95. The second kappa shape index (κ2) is 4.58. The lowest BCUT2D eigenvalue weighted by atomic mass is 10.0. The number of hydrogen-bond acceptors (Lipinski definition) is 6. The number of nitro groups is 3. The van der Waals surface area contributed by atoms with Gasteiger partial charge < -0.3 is 0 Å². The summed E-state index contributed by atoms with van der Waals surface area (Å²) >= 11 is 0. The molecule has 2 aromatic carbocycles. The Hall–Kier alpha value is -3.36. The summed E-state index contributed by atoms with van der Waals surface area (Å²) in [5.41, 5.74) is 1.05. The molecule has 0 heterocycles. The van der Waals surface area contributed by atoms with Crippen molar-refractivity contribution in [2.75, 3.05) is 0 Å². The average molecular weight is 301 g/mol. The fourth-order valence-corrected chi connectivity index (χ4v) is 2.62. The maximum absolute atomic E-state index is 11.0. The van der Waals surface area contributed by atoms with Gasteiger partial charge in [-0.25, -0.2) is 0 Å². The van der Waals surface area contributed by atoms with E-state index >= 15 is 0 Å². The zero-order valence-electron chi connectivity index (χ0n) is 10.9. The van der Waals surface area contributed by atoms with Crippen molar-refractivity contribution in [1.82, 2.24) is 0 Å². The number of nitro benzene ring substituents is 3. The van der Waals surface area contributed by atoms with Crippen molar-refractivity contribution in [2.45, 2.75) is 6.42 Å². The quantitative estimate of drug-likeness (QED) is 0.540. The highest BCUT2D eigenvalue weighted by molar-refractivity contribution is 5.82. The molecule has 0 aromatic heterocycles. The second-order valence-electron chi connectivity index (χ2n) is 4.79. The summed E-state index contributed by atoms with van der Waals surface area (Å²) in [6.07, 6.45) is 0.269. The lowest BCUT2D eigenvalue weighted by Gasteiger charge is -2.02. The summed E-state index contributed by atoms with van der Waals surface area (Å²) < 4.78 is 0. The van der Waals surface area contributed by atoms with Crippen molar-refractivity contribution >= 4 is 17.1 Å². The van der Waals surface area contributed by atoms with E-state index in [1.54, 1.807) is 0 Å². The van der Waals surface area contributed by atoms with Gasteiger partial charge in [-0.3, -0.25) is 30.3 Å². The monoisotopic (exact) mass is 301 g/mol. The molecule has 0 aliphatic heterocycles. The zero-order chi connectivity index (χ0) is 16.0. The van der Waals surface area contributed by atoms with Crippen molar-refractivity contribution in [3.8, 4) is 11.1 Å². The van der Waals surface area contributed by atoms with E-state index in [1.165, 1.54) is 24.3 Å². The molecule has 0 atom stereocenters. The second-order valence-corrected chi connectivity index (χ2v) is 4.79. The highest BCUT2D eigenvalue weighted by atomic mass is 16.6. The fraction of sp³-hybridized carbons (Fsp3) is 0.0769. The van der Waals surface area contributed by atoms with Crippen molar-refractivity contribution in [2.24, 2.45) is 0 Å². The smallest absolute Gasteiger partial charge is 0.258 e. The first-order valence-electron chi connectivity index (χ1n) is 6.12. The van der Waals surface area contributed by atoms with Gasteiger partial charge in [0.1, 0.15) is 0 Å². The molecule has 0 fully saturated rings. The first kappa shape index (κ1) is 13.6. The maximum Gasteiger partial charge on any atom is 0.346 e. The third-order valence-corrected chi connectivity index (χ3v) is 3.56. The van der Waals surface area contributed by atoms with Gasteiger partial charge in [0.05, 0.1) is 14.8 Å². The van der Waals surface area contributed by atoms with Crippen LogP contribution in [0.15, 0.2) is 30.3 Å². The SMILES string of the molecule is O=[N+]([O-])c1ccc2c(c1)Cc1cc([N+](=O)[O-])c([N+](=O)[O-])cc1-2. The van der Waals surface area contributed by atoms with Crippen LogP contribution >= 0.6 is 0 Å². The summed E-state index contributed by atoms with van der Waals surface area (Å²) in [5, 5.41) is 32.7. The van der Waals surface area contributed by atoms with E-state index in [0.717, 1.165) is 6.07 Å². The van der Waals surface area contributed by atoms with Crippen LogP contribution in [0.3, 0.4) is 0 Å². The van der Waals surface area contributed by atoms with Crippen LogP contribution in [-0.2, 0) is 6.42 Å². The van der Waals surface area contributed by atoms with E-state index in [2.05, 4.69) is 0 Å². The van der Waals surface area contributed by atoms with Gasteiger partial charge >= 0.3 is 11.4 Å². The minimum atomic E-state index is -0.804. The van der Waals surface area contributed by atoms with E-state index in [9.17, 15) is 30.3 Å². The summed E-state index contributed by atoms with van der Waals surface area (Å²) in [6, 6.07) is 6.52. The Labute approximate surface area is 122 Å². The molecule has 110 valence electrons. The molecular formula is C13H7N3O6. The van der Waals surface area contributed by atoms with Crippen LogP contribution in [0.1, 0.15) is 11.1 Å². The normalized spacial score (nSPS) is 11.6. The third-order valence-electron chi connectivity index (χ3n) is 3.56. The average Bonchev–Trinajstić information content (AvgIpc) is 2.82. The topological polar surface area (TPSA) is 129 Å². The molecule has 0 radical (unpaired) electrons. The van der Waals surface area contributed by atoms with Crippen molar-refractivity contribution in [1.29, 1.82) is 0 Å². The zero-order valence-corrected chi connectivity index (χ0v) is 10.9. The van der Waals surface area contributed by atoms with Crippen LogP contribution < -0.4 is 0 Å². The Morgan fingerprint density at radius 2 is 1.32 bits per heavy atom. The number of hydrogen-bond donors (Lipinski definition) is 0. The van der Waals surface area contributed by atoms with Crippen molar-refractivity contribution < 1.29 is 14.8 Å². The van der Waals surface area contributed by atoms with E-state index in [1.807, 2.05) is 0 Å². The number of non-ortho nitro benzene ring substituents is 1. The van der Waals surface area contributed by atoms with Crippen LogP contribution in [0.25, 0.3) is 11.1 Å². The highest BCUT2D eigenvalue weighted by Gasteiger charge is 2.31. The molecule has 0 amide bonds. The van der Waals surface area contributed by atoms with Crippen LogP contribution in [0.2, 0.25) is 0 Å². The molecule has 0 N–H and O–H groups in total. The molecule has 1 aliphatic rings. The standard InChI is InChI=1S/C13H7N3O6/c17-14(18)9-1-2-10-7(4-9)3-8-5-12(15(19)20)13(16(21)22)6-11(8)10/h1-2,4-6H,3H2. The van der Waals surface area contributed by atoms with Gasteiger partial charge in [0, 0.05) is 24.3 Å². The molecular weight excluding hydrogens is 294 g/mol.